The zero-order valence-corrected chi connectivity index (χ0v) is 13.9. The van der Waals surface area contributed by atoms with Crippen LogP contribution in [0.3, 0.4) is 0 Å². The predicted octanol–water partition coefficient (Wildman–Crippen LogP) is 3.70. The predicted molar refractivity (Wildman–Crippen MR) is 89.5 cm³/mol. The molecule has 0 N–H and O–H groups in total. The number of hydrogen-bond acceptors (Lipinski definition) is 4. The van der Waals surface area contributed by atoms with Gasteiger partial charge in [-0.1, -0.05) is 11.6 Å². The van der Waals surface area contributed by atoms with Crippen LogP contribution < -0.4 is 4.74 Å². The molecule has 0 unspecified atom stereocenters. The molecule has 1 amide bonds. The lowest BCUT2D eigenvalue weighted by Gasteiger charge is -2.17. The van der Waals surface area contributed by atoms with Gasteiger partial charge < -0.3 is 14.1 Å². The summed E-state index contributed by atoms with van der Waals surface area (Å²) in [7, 11) is 1.78. The number of benzene rings is 1. The third-order valence-corrected chi connectivity index (χ3v) is 4.18. The SMILES string of the molecule is CN(CCOc1ccc(Cl)cc1)C(=O)CSCc1ccco1. The second-order valence-electron chi connectivity index (χ2n) is 4.69. The number of ether oxygens (including phenoxy) is 1. The number of carbonyl (C=O) groups excluding carboxylic acids is 1. The summed E-state index contributed by atoms with van der Waals surface area (Å²) in [4.78, 5) is 13.6. The molecule has 0 atom stereocenters. The van der Waals surface area contributed by atoms with Crippen LogP contribution in [-0.2, 0) is 10.5 Å². The molecule has 118 valence electrons. The monoisotopic (exact) mass is 339 g/mol. The molecular weight excluding hydrogens is 322 g/mol. The first kappa shape index (κ1) is 16.8. The number of nitrogens with zero attached hydrogens (tertiary/aromatic N) is 1. The van der Waals surface area contributed by atoms with Crippen molar-refractivity contribution in [2.24, 2.45) is 0 Å². The minimum atomic E-state index is 0.0799. The fraction of sp³-hybridized carbons (Fsp3) is 0.312. The Morgan fingerprint density at radius 1 is 1.32 bits per heavy atom. The maximum absolute atomic E-state index is 12.0. The number of rotatable bonds is 8. The lowest BCUT2D eigenvalue weighted by molar-refractivity contribution is -0.127. The van der Waals surface area contributed by atoms with Gasteiger partial charge in [0.15, 0.2) is 0 Å². The summed E-state index contributed by atoms with van der Waals surface area (Å²) in [5, 5.41) is 0.674. The molecule has 0 saturated heterocycles. The largest absolute Gasteiger partial charge is 0.492 e. The maximum Gasteiger partial charge on any atom is 0.232 e. The van der Waals surface area contributed by atoms with Crippen molar-refractivity contribution in [3.63, 3.8) is 0 Å². The van der Waals surface area contributed by atoms with Crippen molar-refractivity contribution in [1.29, 1.82) is 0 Å². The minimum Gasteiger partial charge on any atom is -0.492 e. The van der Waals surface area contributed by atoms with Crippen LogP contribution in [0.2, 0.25) is 5.02 Å². The van der Waals surface area contributed by atoms with E-state index in [4.69, 9.17) is 20.8 Å². The van der Waals surface area contributed by atoms with Gasteiger partial charge >= 0.3 is 0 Å². The summed E-state index contributed by atoms with van der Waals surface area (Å²) in [5.41, 5.74) is 0. The van der Waals surface area contributed by atoms with Gasteiger partial charge in [0, 0.05) is 12.1 Å². The molecule has 4 nitrogen and oxygen atoms in total. The van der Waals surface area contributed by atoms with Crippen molar-refractivity contribution in [1.82, 2.24) is 4.90 Å². The van der Waals surface area contributed by atoms with Crippen LogP contribution in [0.5, 0.6) is 5.75 Å². The second-order valence-corrected chi connectivity index (χ2v) is 6.11. The topological polar surface area (TPSA) is 42.7 Å². The van der Waals surface area contributed by atoms with Crippen LogP contribution in [0.4, 0.5) is 0 Å². The van der Waals surface area contributed by atoms with Gasteiger partial charge in [-0.25, -0.2) is 0 Å². The van der Waals surface area contributed by atoms with Crippen LogP contribution in [0.1, 0.15) is 5.76 Å². The summed E-state index contributed by atoms with van der Waals surface area (Å²) in [5.74, 6) is 2.84. The Bertz CT molecular complexity index is 572. The molecule has 2 aromatic rings. The molecule has 0 aliphatic rings. The van der Waals surface area contributed by atoms with E-state index in [0.717, 1.165) is 11.5 Å². The molecular formula is C16H18ClNO3S. The van der Waals surface area contributed by atoms with Crippen LogP contribution >= 0.6 is 23.4 Å². The summed E-state index contributed by atoms with van der Waals surface area (Å²) in [6.07, 6.45) is 1.64. The zero-order valence-electron chi connectivity index (χ0n) is 12.3. The van der Waals surface area contributed by atoms with Crippen molar-refractivity contribution in [3.05, 3.63) is 53.4 Å². The van der Waals surface area contributed by atoms with Crippen molar-refractivity contribution in [2.45, 2.75) is 5.75 Å². The zero-order chi connectivity index (χ0) is 15.8. The molecule has 1 aromatic carbocycles. The highest BCUT2D eigenvalue weighted by Gasteiger charge is 2.09. The van der Waals surface area contributed by atoms with Crippen molar-refractivity contribution in [3.8, 4) is 5.75 Å². The number of likely N-dealkylation sites (N-methyl/N-ethyl adjacent to an activating group) is 1. The first-order valence-corrected chi connectivity index (χ1v) is 8.41. The van der Waals surface area contributed by atoms with E-state index in [9.17, 15) is 4.79 Å². The van der Waals surface area contributed by atoms with E-state index in [1.54, 1.807) is 30.3 Å². The molecule has 1 aromatic heterocycles. The molecule has 0 radical (unpaired) electrons. The molecule has 2 rings (SSSR count). The van der Waals surface area contributed by atoms with Gasteiger partial charge in [0.2, 0.25) is 5.91 Å². The first-order chi connectivity index (χ1) is 10.6. The molecule has 1 heterocycles. The van der Waals surface area contributed by atoms with E-state index < -0.39 is 0 Å². The van der Waals surface area contributed by atoms with Gasteiger partial charge in [0.25, 0.3) is 0 Å². The smallest absolute Gasteiger partial charge is 0.232 e. The lowest BCUT2D eigenvalue weighted by atomic mass is 10.3. The summed E-state index contributed by atoms with van der Waals surface area (Å²) in [6.45, 7) is 0.996. The van der Waals surface area contributed by atoms with Crippen LogP contribution in [0, 0.1) is 0 Å². The van der Waals surface area contributed by atoms with Crippen LogP contribution in [-0.4, -0.2) is 36.8 Å². The molecule has 6 heteroatoms. The standard InChI is InChI=1S/C16H18ClNO3S/c1-18(8-10-21-14-6-4-13(17)5-7-14)16(19)12-22-11-15-3-2-9-20-15/h2-7,9H,8,10-12H2,1H3. The molecule has 0 spiro atoms. The van der Waals surface area contributed by atoms with Gasteiger partial charge in [0.1, 0.15) is 18.1 Å². The summed E-state index contributed by atoms with van der Waals surface area (Å²) in [6, 6.07) is 10.9. The lowest BCUT2D eigenvalue weighted by Crippen LogP contribution is -2.32. The van der Waals surface area contributed by atoms with Crippen molar-refractivity contribution >= 4 is 29.3 Å². The van der Waals surface area contributed by atoms with E-state index in [2.05, 4.69) is 0 Å². The quantitative estimate of drug-likeness (QED) is 0.735. The Balaban J connectivity index is 1.62. The van der Waals surface area contributed by atoms with E-state index in [1.165, 1.54) is 11.8 Å². The van der Waals surface area contributed by atoms with Gasteiger partial charge in [-0.15, -0.1) is 11.8 Å². The van der Waals surface area contributed by atoms with E-state index in [1.807, 2.05) is 24.3 Å². The van der Waals surface area contributed by atoms with Gasteiger partial charge in [-0.2, -0.15) is 0 Å². The average molecular weight is 340 g/mol. The highest BCUT2D eigenvalue weighted by Crippen LogP contribution is 2.15. The van der Waals surface area contributed by atoms with Crippen LogP contribution in [0.25, 0.3) is 0 Å². The molecule has 22 heavy (non-hydrogen) atoms. The molecule has 0 bridgehead atoms. The highest BCUT2D eigenvalue weighted by molar-refractivity contribution is 7.99. The number of carbonyl (C=O) groups is 1. The van der Waals surface area contributed by atoms with Crippen molar-refractivity contribution < 1.29 is 13.9 Å². The van der Waals surface area contributed by atoms with Gasteiger partial charge in [-0.05, 0) is 36.4 Å². The fourth-order valence-electron chi connectivity index (χ4n) is 1.70. The summed E-state index contributed by atoms with van der Waals surface area (Å²) < 4.78 is 10.8. The Morgan fingerprint density at radius 2 is 2.09 bits per heavy atom. The van der Waals surface area contributed by atoms with Gasteiger partial charge in [0.05, 0.1) is 24.3 Å². The van der Waals surface area contributed by atoms with Crippen LogP contribution in [0.15, 0.2) is 47.1 Å². The number of hydrogen-bond donors (Lipinski definition) is 0. The number of thioether (sulfide) groups is 1. The number of halogens is 1. The molecule has 0 aliphatic carbocycles. The second kappa shape index (κ2) is 8.76. The minimum absolute atomic E-state index is 0.0799. The fourth-order valence-corrected chi connectivity index (χ4v) is 2.69. The number of amides is 1. The number of furan rings is 1. The Kier molecular flexibility index (Phi) is 6.68. The molecule has 0 aliphatic heterocycles. The third kappa shape index (κ3) is 5.66. The van der Waals surface area contributed by atoms with Gasteiger partial charge in [-0.3, -0.25) is 4.79 Å². The summed E-state index contributed by atoms with van der Waals surface area (Å²) >= 11 is 7.34. The van der Waals surface area contributed by atoms with E-state index in [0.29, 0.717) is 29.7 Å². The normalized spacial score (nSPS) is 10.5. The Morgan fingerprint density at radius 3 is 2.77 bits per heavy atom. The van der Waals surface area contributed by atoms with E-state index in [-0.39, 0.29) is 5.91 Å². The molecule has 0 saturated carbocycles. The first-order valence-electron chi connectivity index (χ1n) is 6.87. The maximum atomic E-state index is 12.0. The third-order valence-electron chi connectivity index (χ3n) is 2.98. The van der Waals surface area contributed by atoms with Crippen molar-refractivity contribution in [2.75, 3.05) is 26.0 Å². The Labute approximate surface area is 139 Å². The molecule has 0 fully saturated rings. The van der Waals surface area contributed by atoms with E-state index >= 15 is 0 Å². The average Bonchev–Trinajstić information content (AvgIpc) is 3.02. The Hall–Kier alpha value is -1.59. The highest BCUT2D eigenvalue weighted by atomic mass is 35.5.